The molecule has 26 heavy (non-hydrogen) atoms. The molecule has 8 heteroatoms. The van der Waals surface area contributed by atoms with Crippen LogP contribution in [0.3, 0.4) is 0 Å². The zero-order valence-corrected chi connectivity index (χ0v) is 15.2. The average molecular weight is 375 g/mol. The van der Waals surface area contributed by atoms with E-state index in [1.54, 1.807) is 11.8 Å². The van der Waals surface area contributed by atoms with Gasteiger partial charge in [-0.05, 0) is 31.0 Å². The Kier molecular flexibility index (Phi) is 5.29. The number of hydrogen-bond donors (Lipinski definition) is 1. The lowest BCUT2D eigenvalue weighted by molar-refractivity contribution is -0.120. The molecular weight excluding hydrogens is 354 g/mol. The lowest BCUT2D eigenvalue weighted by Gasteiger charge is -2.20. The van der Waals surface area contributed by atoms with E-state index in [-0.39, 0.29) is 5.91 Å². The van der Waals surface area contributed by atoms with Gasteiger partial charge in [-0.1, -0.05) is 11.6 Å². The fourth-order valence-electron chi connectivity index (χ4n) is 2.80. The van der Waals surface area contributed by atoms with Gasteiger partial charge in [0.05, 0.1) is 6.54 Å². The van der Waals surface area contributed by atoms with Gasteiger partial charge in [-0.25, -0.2) is 0 Å². The molecule has 0 radical (unpaired) electrons. The van der Waals surface area contributed by atoms with Crippen LogP contribution in [-0.2, 0) is 11.3 Å². The normalized spacial score (nSPS) is 16.2. The molecule has 2 aromatic rings. The number of amides is 1. The van der Waals surface area contributed by atoms with Gasteiger partial charge in [0.15, 0.2) is 17.3 Å². The van der Waals surface area contributed by atoms with Gasteiger partial charge in [-0.2, -0.15) is 4.98 Å². The minimum atomic E-state index is -0.0231. The highest BCUT2D eigenvalue weighted by Gasteiger charge is 2.25. The number of aromatic nitrogens is 2. The van der Waals surface area contributed by atoms with E-state index in [1.807, 2.05) is 18.2 Å². The summed E-state index contributed by atoms with van der Waals surface area (Å²) in [7, 11) is 0. The number of carbonyl (C=O) groups is 1. The van der Waals surface area contributed by atoms with Crippen LogP contribution in [-0.4, -0.2) is 35.0 Å². The van der Waals surface area contributed by atoms with Crippen LogP contribution < -0.4 is 14.8 Å². The molecule has 0 bridgehead atoms. The first-order chi connectivity index (χ1) is 12.8. The van der Waals surface area contributed by atoms with Crippen molar-refractivity contribution in [2.45, 2.75) is 43.0 Å². The number of ether oxygens (including phenoxy) is 2. The Balaban J connectivity index is 1.19. The van der Waals surface area contributed by atoms with Crippen LogP contribution in [0.5, 0.6) is 11.5 Å². The predicted molar refractivity (Wildman–Crippen MR) is 95.5 cm³/mol. The van der Waals surface area contributed by atoms with Crippen molar-refractivity contribution in [2.75, 3.05) is 19.0 Å². The smallest absolute Gasteiger partial charge is 0.229 e. The summed E-state index contributed by atoms with van der Waals surface area (Å²) in [4.78, 5) is 17.4. The third-order valence-corrected chi connectivity index (χ3v) is 5.49. The lowest BCUT2D eigenvalue weighted by atomic mass is 9.85. The van der Waals surface area contributed by atoms with Crippen molar-refractivity contribution in [3.05, 3.63) is 29.9 Å². The molecule has 7 nitrogen and oxygen atoms in total. The molecule has 0 unspecified atom stereocenters. The molecule has 1 N–H and O–H groups in total. The molecule has 4 rings (SSSR count). The Morgan fingerprint density at radius 2 is 2.08 bits per heavy atom. The fourth-order valence-corrected chi connectivity index (χ4v) is 3.68. The van der Waals surface area contributed by atoms with Gasteiger partial charge in [0, 0.05) is 23.0 Å². The zero-order chi connectivity index (χ0) is 17.8. The lowest BCUT2D eigenvalue weighted by Crippen LogP contribution is -2.23. The highest BCUT2D eigenvalue weighted by atomic mass is 32.2. The molecule has 0 atom stereocenters. The van der Waals surface area contributed by atoms with E-state index in [9.17, 15) is 4.79 Å². The van der Waals surface area contributed by atoms with Crippen LogP contribution >= 0.6 is 11.8 Å². The molecule has 1 aliphatic carbocycles. The first-order valence-corrected chi connectivity index (χ1v) is 9.88. The van der Waals surface area contributed by atoms with E-state index in [2.05, 4.69) is 15.5 Å². The minimum absolute atomic E-state index is 0.0231. The number of benzene rings is 1. The predicted octanol–water partition coefficient (Wildman–Crippen LogP) is 2.91. The van der Waals surface area contributed by atoms with Crippen molar-refractivity contribution in [2.24, 2.45) is 0 Å². The Labute approximate surface area is 155 Å². The maximum atomic E-state index is 12.0. The summed E-state index contributed by atoms with van der Waals surface area (Å²) in [5.41, 5.74) is 0. The molecule has 1 aliphatic heterocycles. The number of nitrogens with one attached hydrogen (secondary N) is 1. The van der Waals surface area contributed by atoms with E-state index in [1.165, 1.54) is 6.42 Å². The maximum absolute atomic E-state index is 12.0. The number of thioether (sulfide) groups is 1. The summed E-state index contributed by atoms with van der Waals surface area (Å²) in [6.45, 7) is 1.47. The third-order valence-electron chi connectivity index (χ3n) is 4.49. The summed E-state index contributed by atoms with van der Waals surface area (Å²) in [5.74, 6) is 3.86. The molecule has 0 saturated heterocycles. The summed E-state index contributed by atoms with van der Waals surface area (Å²) < 4.78 is 16.3. The monoisotopic (exact) mass is 375 g/mol. The standard InChI is InChI=1S/C18H21N3O4S/c22-17(19-11-16-20-18(25-21-16)12-2-1-3-12)6-9-26-13-4-5-14-15(10-13)24-8-7-23-14/h4-5,10,12H,1-3,6-9,11H2,(H,19,22). The second-order valence-electron chi connectivity index (χ2n) is 6.36. The zero-order valence-electron chi connectivity index (χ0n) is 14.4. The third kappa shape index (κ3) is 4.12. The number of nitrogens with zero attached hydrogens (tertiary/aromatic N) is 2. The van der Waals surface area contributed by atoms with Crippen LogP contribution in [0.4, 0.5) is 0 Å². The molecule has 2 heterocycles. The van der Waals surface area contributed by atoms with Crippen LogP contribution in [0.15, 0.2) is 27.6 Å². The summed E-state index contributed by atoms with van der Waals surface area (Å²) in [6.07, 6.45) is 3.88. The highest BCUT2D eigenvalue weighted by molar-refractivity contribution is 7.99. The maximum Gasteiger partial charge on any atom is 0.229 e. The summed E-state index contributed by atoms with van der Waals surface area (Å²) in [5, 5.41) is 6.77. The van der Waals surface area contributed by atoms with Crippen molar-refractivity contribution >= 4 is 17.7 Å². The van der Waals surface area contributed by atoms with Crippen LogP contribution in [0, 0.1) is 0 Å². The number of carbonyl (C=O) groups excluding carboxylic acids is 1. The molecule has 1 fully saturated rings. The second-order valence-corrected chi connectivity index (χ2v) is 7.53. The van der Waals surface area contributed by atoms with Crippen molar-refractivity contribution in [1.82, 2.24) is 15.5 Å². The largest absolute Gasteiger partial charge is 0.486 e. The first-order valence-electron chi connectivity index (χ1n) is 8.89. The quantitative estimate of drug-likeness (QED) is 0.745. The van der Waals surface area contributed by atoms with Crippen molar-refractivity contribution in [3.8, 4) is 11.5 Å². The van der Waals surface area contributed by atoms with E-state index in [4.69, 9.17) is 14.0 Å². The molecule has 138 valence electrons. The van der Waals surface area contributed by atoms with Crippen LogP contribution in [0.2, 0.25) is 0 Å². The van der Waals surface area contributed by atoms with E-state index >= 15 is 0 Å². The van der Waals surface area contributed by atoms with E-state index in [0.717, 1.165) is 29.2 Å². The number of fused-ring (bicyclic) bond motifs is 1. The van der Waals surface area contributed by atoms with E-state index < -0.39 is 0 Å². The van der Waals surface area contributed by atoms with E-state index in [0.29, 0.717) is 49.6 Å². The minimum Gasteiger partial charge on any atom is -0.486 e. The average Bonchev–Trinajstić information content (AvgIpc) is 3.07. The van der Waals surface area contributed by atoms with Gasteiger partial charge in [-0.15, -0.1) is 11.8 Å². The van der Waals surface area contributed by atoms with Crippen LogP contribution in [0.1, 0.15) is 43.3 Å². The van der Waals surface area contributed by atoms with Crippen molar-refractivity contribution in [3.63, 3.8) is 0 Å². The molecule has 0 spiro atoms. The van der Waals surface area contributed by atoms with Crippen LogP contribution in [0.25, 0.3) is 0 Å². The molecule has 2 aliphatic rings. The molecular formula is C18H21N3O4S. The van der Waals surface area contributed by atoms with Crippen molar-refractivity contribution < 1.29 is 18.8 Å². The number of rotatable bonds is 7. The topological polar surface area (TPSA) is 86.5 Å². The Morgan fingerprint density at radius 3 is 2.88 bits per heavy atom. The number of hydrogen-bond acceptors (Lipinski definition) is 7. The van der Waals surface area contributed by atoms with Gasteiger partial charge in [-0.3, -0.25) is 4.79 Å². The van der Waals surface area contributed by atoms with Crippen molar-refractivity contribution in [1.29, 1.82) is 0 Å². The second kappa shape index (κ2) is 7.99. The van der Waals surface area contributed by atoms with Gasteiger partial charge < -0.3 is 19.3 Å². The van der Waals surface area contributed by atoms with Gasteiger partial charge in [0.1, 0.15) is 13.2 Å². The Morgan fingerprint density at radius 1 is 1.23 bits per heavy atom. The molecule has 1 aromatic carbocycles. The summed E-state index contributed by atoms with van der Waals surface area (Å²) >= 11 is 1.62. The molecule has 1 amide bonds. The Bertz CT molecular complexity index is 776. The first kappa shape index (κ1) is 17.2. The highest BCUT2D eigenvalue weighted by Crippen LogP contribution is 2.35. The van der Waals surface area contributed by atoms with Gasteiger partial charge in [0.25, 0.3) is 0 Å². The summed E-state index contributed by atoms with van der Waals surface area (Å²) in [6, 6.07) is 5.85. The SMILES string of the molecule is O=C(CCSc1ccc2c(c1)OCCO2)NCc1noc(C2CCC2)n1. The van der Waals surface area contributed by atoms with Gasteiger partial charge in [0.2, 0.25) is 11.8 Å². The fraction of sp³-hybridized carbons (Fsp3) is 0.500. The molecule has 1 aromatic heterocycles. The van der Waals surface area contributed by atoms with Gasteiger partial charge >= 0.3 is 0 Å². The Hall–Kier alpha value is -2.22. The molecule has 1 saturated carbocycles.